The summed E-state index contributed by atoms with van der Waals surface area (Å²) in [4.78, 5) is 4.58. The zero-order chi connectivity index (χ0) is 21.0. The van der Waals surface area contributed by atoms with Gasteiger partial charge in [0.05, 0.1) is 4.90 Å². The van der Waals surface area contributed by atoms with E-state index >= 15 is 0 Å². The van der Waals surface area contributed by atoms with E-state index in [1.807, 2.05) is 51.1 Å². The second kappa shape index (κ2) is 8.75. The molecule has 0 N–H and O–H groups in total. The van der Waals surface area contributed by atoms with Crippen LogP contribution in [0, 0.1) is 20.8 Å². The normalized spacial score (nSPS) is 11.8. The Morgan fingerprint density at radius 3 is 2.45 bits per heavy atom. The van der Waals surface area contributed by atoms with Gasteiger partial charge in [-0.15, -0.1) is 0 Å². The number of ether oxygens (including phenoxy) is 1. The summed E-state index contributed by atoms with van der Waals surface area (Å²) in [6.45, 7) is 6.12. The first-order valence-corrected chi connectivity index (χ1v) is 10.7. The number of aromatic nitrogens is 2. The molecular weight excluding hydrogens is 390 g/mol. The zero-order valence-corrected chi connectivity index (χ0v) is 17.9. The molecule has 2 aromatic carbocycles. The lowest BCUT2D eigenvalue weighted by molar-refractivity contribution is 0.241. The van der Waals surface area contributed by atoms with Crippen LogP contribution in [-0.2, 0) is 23.1 Å². The standard InChI is InChI=1S/C21H25N3O4S/c1-15-11-16(2)13-18(12-15)29(25,26)24(4)10-9-20-22-21(28-23-20)14-27-19-8-6-5-7-17(19)3/h5-8,11-13H,9-10,14H2,1-4H3. The molecule has 0 radical (unpaired) electrons. The average Bonchev–Trinajstić information content (AvgIpc) is 3.12. The molecule has 0 saturated heterocycles. The SMILES string of the molecule is Cc1cc(C)cc(S(=O)(=O)N(C)CCc2noc(COc3ccccc3C)n2)c1. The Morgan fingerprint density at radius 2 is 1.76 bits per heavy atom. The third-order valence-electron chi connectivity index (χ3n) is 4.51. The molecule has 8 heteroatoms. The van der Waals surface area contributed by atoms with E-state index in [1.54, 1.807) is 19.2 Å². The molecule has 0 aliphatic rings. The molecule has 0 spiro atoms. The molecule has 0 aliphatic carbocycles. The number of hydrogen-bond donors (Lipinski definition) is 0. The quantitative estimate of drug-likeness (QED) is 0.560. The molecule has 1 heterocycles. The van der Waals surface area contributed by atoms with Gasteiger partial charge in [0.2, 0.25) is 10.0 Å². The van der Waals surface area contributed by atoms with Gasteiger partial charge in [-0.3, -0.25) is 0 Å². The van der Waals surface area contributed by atoms with Gasteiger partial charge >= 0.3 is 0 Å². The van der Waals surface area contributed by atoms with E-state index in [0.29, 0.717) is 18.1 Å². The van der Waals surface area contributed by atoms with Crippen molar-refractivity contribution < 1.29 is 17.7 Å². The predicted molar refractivity (Wildman–Crippen MR) is 109 cm³/mol. The van der Waals surface area contributed by atoms with E-state index in [0.717, 1.165) is 22.4 Å². The maximum atomic E-state index is 12.8. The van der Waals surface area contributed by atoms with Crippen molar-refractivity contribution in [2.45, 2.75) is 38.7 Å². The van der Waals surface area contributed by atoms with Crippen molar-refractivity contribution in [2.24, 2.45) is 0 Å². The van der Waals surface area contributed by atoms with Crippen LogP contribution in [-0.4, -0.2) is 36.5 Å². The maximum Gasteiger partial charge on any atom is 0.264 e. The number of aryl methyl sites for hydroxylation is 3. The third-order valence-corrected chi connectivity index (χ3v) is 6.34. The Morgan fingerprint density at radius 1 is 1.07 bits per heavy atom. The highest BCUT2D eigenvalue weighted by atomic mass is 32.2. The Kier molecular flexibility index (Phi) is 6.34. The van der Waals surface area contributed by atoms with E-state index in [-0.39, 0.29) is 18.0 Å². The molecular formula is C21H25N3O4S. The van der Waals surface area contributed by atoms with Crippen LogP contribution >= 0.6 is 0 Å². The number of likely N-dealkylation sites (N-methyl/N-ethyl adjacent to an activating group) is 1. The van der Waals surface area contributed by atoms with Crippen molar-refractivity contribution in [2.75, 3.05) is 13.6 Å². The van der Waals surface area contributed by atoms with Crippen molar-refractivity contribution >= 4 is 10.0 Å². The highest BCUT2D eigenvalue weighted by molar-refractivity contribution is 7.89. The summed E-state index contributed by atoms with van der Waals surface area (Å²) in [6.07, 6.45) is 0.342. The summed E-state index contributed by atoms with van der Waals surface area (Å²) in [6, 6.07) is 13.0. The number of hydrogen-bond acceptors (Lipinski definition) is 6. The third kappa shape index (κ3) is 5.21. The number of nitrogens with zero attached hydrogens (tertiary/aromatic N) is 3. The lowest BCUT2D eigenvalue weighted by Crippen LogP contribution is -2.29. The van der Waals surface area contributed by atoms with E-state index in [4.69, 9.17) is 9.26 Å². The second-order valence-corrected chi connectivity index (χ2v) is 9.10. The molecule has 0 bridgehead atoms. The van der Waals surface area contributed by atoms with Gasteiger partial charge < -0.3 is 9.26 Å². The number of benzene rings is 2. The lowest BCUT2D eigenvalue weighted by atomic mass is 10.2. The topological polar surface area (TPSA) is 85.5 Å². The number of para-hydroxylation sites is 1. The van der Waals surface area contributed by atoms with Gasteiger partial charge in [-0.1, -0.05) is 29.4 Å². The molecule has 0 fully saturated rings. The minimum atomic E-state index is -3.58. The minimum Gasteiger partial charge on any atom is -0.483 e. The molecule has 3 aromatic rings. The van der Waals surface area contributed by atoms with E-state index < -0.39 is 10.0 Å². The van der Waals surface area contributed by atoms with Gasteiger partial charge in [-0.05, 0) is 55.7 Å². The Bertz CT molecular complexity index is 1070. The van der Waals surface area contributed by atoms with Crippen LogP contribution in [0.4, 0.5) is 0 Å². The van der Waals surface area contributed by atoms with Gasteiger partial charge in [-0.2, -0.15) is 4.98 Å². The second-order valence-electron chi connectivity index (χ2n) is 7.06. The van der Waals surface area contributed by atoms with Crippen molar-refractivity contribution in [1.29, 1.82) is 0 Å². The molecule has 7 nitrogen and oxygen atoms in total. The fourth-order valence-corrected chi connectivity index (χ4v) is 4.31. The molecule has 154 valence electrons. The molecule has 0 saturated carbocycles. The fourth-order valence-electron chi connectivity index (χ4n) is 2.95. The fraction of sp³-hybridized carbons (Fsp3) is 0.333. The van der Waals surface area contributed by atoms with Gasteiger partial charge in [0, 0.05) is 20.0 Å². The summed E-state index contributed by atoms with van der Waals surface area (Å²) in [5, 5.41) is 3.92. The van der Waals surface area contributed by atoms with Crippen LogP contribution in [0.5, 0.6) is 5.75 Å². The lowest BCUT2D eigenvalue weighted by Gasteiger charge is -2.17. The van der Waals surface area contributed by atoms with Crippen molar-refractivity contribution in [3.05, 3.63) is 70.9 Å². The molecule has 1 aromatic heterocycles. The molecule has 0 atom stereocenters. The summed E-state index contributed by atoms with van der Waals surface area (Å²) in [5.74, 6) is 1.55. The smallest absolute Gasteiger partial charge is 0.264 e. The van der Waals surface area contributed by atoms with Crippen LogP contribution in [0.1, 0.15) is 28.4 Å². The Balaban J connectivity index is 1.59. The summed E-state index contributed by atoms with van der Waals surface area (Å²) >= 11 is 0. The minimum absolute atomic E-state index is 0.161. The predicted octanol–water partition coefficient (Wildman–Crippen LogP) is 3.44. The first-order valence-electron chi connectivity index (χ1n) is 9.30. The first kappa shape index (κ1) is 21.0. The molecule has 0 unspecified atom stereocenters. The largest absolute Gasteiger partial charge is 0.483 e. The first-order chi connectivity index (χ1) is 13.8. The van der Waals surface area contributed by atoms with Crippen molar-refractivity contribution in [3.8, 4) is 5.75 Å². The van der Waals surface area contributed by atoms with Crippen LogP contribution in [0.2, 0.25) is 0 Å². The summed E-state index contributed by atoms with van der Waals surface area (Å²) in [7, 11) is -2.02. The van der Waals surface area contributed by atoms with Crippen LogP contribution in [0.3, 0.4) is 0 Å². The number of sulfonamides is 1. The van der Waals surface area contributed by atoms with Crippen LogP contribution in [0.15, 0.2) is 51.9 Å². The van der Waals surface area contributed by atoms with Crippen molar-refractivity contribution in [1.82, 2.24) is 14.4 Å². The molecule has 29 heavy (non-hydrogen) atoms. The highest BCUT2D eigenvalue weighted by Crippen LogP contribution is 2.19. The van der Waals surface area contributed by atoms with Crippen LogP contribution in [0.25, 0.3) is 0 Å². The summed E-state index contributed by atoms with van der Waals surface area (Å²) < 4.78 is 37.8. The Labute approximate surface area is 171 Å². The van der Waals surface area contributed by atoms with Crippen molar-refractivity contribution in [3.63, 3.8) is 0 Å². The van der Waals surface area contributed by atoms with Gasteiger partial charge in [0.15, 0.2) is 12.4 Å². The van der Waals surface area contributed by atoms with Gasteiger partial charge in [0.25, 0.3) is 5.89 Å². The van der Waals surface area contributed by atoms with Crippen LogP contribution < -0.4 is 4.74 Å². The monoisotopic (exact) mass is 415 g/mol. The zero-order valence-electron chi connectivity index (χ0n) is 17.0. The summed E-state index contributed by atoms with van der Waals surface area (Å²) in [5.41, 5.74) is 2.84. The maximum absolute atomic E-state index is 12.8. The van der Waals surface area contributed by atoms with Gasteiger partial charge in [0.1, 0.15) is 5.75 Å². The highest BCUT2D eigenvalue weighted by Gasteiger charge is 2.22. The van der Waals surface area contributed by atoms with E-state index in [9.17, 15) is 8.42 Å². The number of rotatable bonds is 8. The van der Waals surface area contributed by atoms with E-state index in [2.05, 4.69) is 10.1 Å². The van der Waals surface area contributed by atoms with Gasteiger partial charge in [-0.25, -0.2) is 12.7 Å². The average molecular weight is 416 g/mol. The molecule has 3 rings (SSSR count). The molecule has 0 amide bonds. The molecule has 0 aliphatic heterocycles. The van der Waals surface area contributed by atoms with E-state index in [1.165, 1.54) is 4.31 Å². The Hall–Kier alpha value is -2.71.